The molecule has 4 rings (SSSR count). The van der Waals surface area contributed by atoms with E-state index >= 15 is 0 Å². The van der Waals surface area contributed by atoms with E-state index in [1.807, 2.05) is 13.8 Å². The minimum atomic E-state index is -1.01. The number of hydrogen-bond donors (Lipinski definition) is 1. The lowest BCUT2D eigenvalue weighted by atomic mass is 9.95. The summed E-state index contributed by atoms with van der Waals surface area (Å²) >= 11 is 0. The van der Waals surface area contributed by atoms with Crippen LogP contribution in [-0.4, -0.2) is 34.9 Å². The number of amides is 1. The number of rotatable bonds is 8. The van der Waals surface area contributed by atoms with Crippen LogP contribution in [0, 0.1) is 10.1 Å². The van der Waals surface area contributed by atoms with Crippen LogP contribution >= 0.6 is 0 Å². The second-order valence-corrected chi connectivity index (χ2v) is 7.91. The van der Waals surface area contributed by atoms with Crippen LogP contribution in [0.25, 0.3) is 5.76 Å². The molecule has 9 nitrogen and oxygen atoms in total. The van der Waals surface area contributed by atoms with Crippen molar-refractivity contribution in [3.63, 3.8) is 0 Å². The Balaban J connectivity index is 1.94. The zero-order valence-corrected chi connectivity index (χ0v) is 19.7. The highest BCUT2D eigenvalue weighted by Gasteiger charge is 2.47. The molecule has 3 aromatic carbocycles. The smallest absolute Gasteiger partial charge is 0.300 e. The molecule has 0 bridgehead atoms. The van der Waals surface area contributed by atoms with E-state index in [1.165, 1.54) is 23.1 Å². The zero-order chi connectivity index (χ0) is 25.8. The molecule has 36 heavy (non-hydrogen) atoms. The van der Waals surface area contributed by atoms with Gasteiger partial charge < -0.3 is 14.6 Å². The molecule has 1 saturated heterocycles. The second kappa shape index (κ2) is 10.3. The number of hydrogen-bond acceptors (Lipinski definition) is 7. The van der Waals surface area contributed by atoms with Crippen LogP contribution in [0.2, 0.25) is 0 Å². The molecule has 3 aromatic rings. The summed E-state index contributed by atoms with van der Waals surface area (Å²) in [6, 6.07) is 17.9. The lowest BCUT2D eigenvalue weighted by molar-refractivity contribution is -0.384. The van der Waals surface area contributed by atoms with Crippen LogP contribution in [0.4, 0.5) is 11.4 Å². The molecular formula is C27H24N2O7. The number of nitrogens with zero attached hydrogens (tertiary/aromatic N) is 2. The molecule has 1 N–H and O–H groups in total. The van der Waals surface area contributed by atoms with Gasteiger partial charge in [-0.2, -0.15) is 0 Å². The predicted octanol–water partition coefficient (Wildman–Crippen LogP) is 5.02. The van der Waals surface area contributed by atoms with Gasteiger partial charge in [0.2, 0.25) is 0 Å². The molecule has 1 unspecified atom stereocenters. The van der Waals surface area contributed by atoms with Crippen molar-refractivity contribution < 1.29 is 29.1 Å². The van der Waals surface area contributed by atoms with Gasteiger partial charge in [-0.3, -0.25) is 24.6 Å². The average Bonchev–Trinajstić information content (AvgIpc) is 3.14. The molecule has 0 saturated carbocycles. The first-order valence-electron chi connectivity index (χ1n) is 11.4. The van der Waals surface area contributed by atoms with E-state index in [9.17, 15) is 24.8 Å². The Kier molecular flexibility index (Phi) is 7.00. The van der Waals surface area contributed by atoms with Gasteiger partial charge in [-0.1, -0.05) is 30.3 Å². The first kappa shape index (κ1) is 24.5. The third-order valence-corrected chi connectivity index (χ3v) is 5.67. The number of aliphatic hydroxyl groups excluding tert-OH is 1. The Morgan fingerprint density at radius 1 is 0.944 bits per heavy atom. The standard InChI is InChI=1S/C27H24N2O7/c1-3-35-21-12-6-8-17(15-21)24-23(25(30)18-9-5-11-20(14-18)29(33)34)26(31)27(32)28(24)19-10-7-13-22(16-19)36-4-2/h5-16,24,30H,3-4H2,1-2H3/b25-23-. The summed E-state index contributed by atoms with van der Waals surface area (Å²) in [5.41, 5.74) is 0.529. The molecule has 1 aliphatic rings. The number of carbonyl (C=O) groups excluding carboxylic acids is 2. The highest BCUT2D eigenvalue weighted by Crippen LogP contribution is 2.43. The fourth-order valence-electron chi connectivity index (χ4n) is 4.17. The van der Waals surface area contributed by atoms with E-state index in [0.717, 1.165) is 6.07 Å². The van der Waals surface area contributed by atoms with Gasteiger partial charge in [-0.05, 0) is 43.7 Å². The summed E-state index contributed by atoms with van der Waals surface area (Å²) in [7, 11) is 0. The third kappa shape index (κ3) is 4.63. The quantitative estimate of drug-likeness (QED) is 0.155. The number of non-ortho nitro benzene ring substituents is 1. The number of Topliss-reactive ketones (excluding diaryl/α,β-unsaturated/α-hetero) is 1. The minimum Gasteiger partial charge on any atom is -0.507 e. The molecule has 1 fully saturated rings. The molecule has 0 spiro atoms. The van der Waals surface area contributed by atoms with E-state index < -0.39 is 28.4 Å². The van der Waals surface area contributed by atoms with Crippen molar-refractivity contribution >= 4 is 28.8 Å². The van der Waals surface area contributed by atoms with E-state index in [0.29, 0.717) is 36.0 Å². The number of carbonyl (C=O) groups is 2. The maximum Gasteiger partial charge on any atom is 0.300 e. The number of anilines is 1. The van der Waals surface area contributed by atoms with Crippen LogP contribution in [0.1, 0.15) is 31.0 Å². The number of ether oxygens (including phenoxy) is 2. The number of ketones is 1. The van der Waals surface area contributed by atoms with Crippen LogP contribution in [0.5, 0.6) is 11.5 Å². The molecule has 0 aliphatic carbocycles. The molecule has 0 radical (unpaired) electrons. The predicted molar refractivity (Wildman–Crippen MR) is 133 cm³/mol. The lowest BCUT2D eigenvalue weighted by Gasteiger charge is -2.26. The van der Waals surface area contributed by atoms with Crippen molar-refractivity contribution in [1.29, 1.82) is 0 Å². The topological polar surface area (TPSA) is 119 Å². The third-order valence-electron chi connectivity index (χ3n) is 5.67. The van der Waals surface area contributed by atoms with Gasteiger partial charge in [-0.25, -0.2) is 0 Å². The van der Waals surface area contributed by atoms with Crippen molar-refractivity contribution in [2.24, 2.45) is 0 Å². The fraction of sp³-hybridized carbons (Fsp3) is 0.185. The van der Waals surface area contributed by atoms with Crippen LogP contribution in [0.15, 0.2) is 78.4 Å². The van der Waals surface area contributed by atoms with Gasteiger partial charge in [0.25, 0.3) is 17.4 Å². The Hall–Kier alpha value is -4.66. The van der Waals surface area contributed by atoms with Crippen LogP contribution in [-0.2, 0) is 9.59 Å². The molecule has 1 aliphatic heterocycles. The Morgan fingerprint density at radius 3 is 2.25 bits per heavy atom. The monoisotopic (exact) mass is 488 g/mol. The molecule has 1 amide bonds. The highest BCUT2D eigenvalue weighted by atomic mass is 16.6. The van der Waals surface area contributed by atoms with Gasteiger partial charge in [-0.15, -0.1) is 0 Å². The van der Waals surface area contributed by atoms with Crippen LogP contribution < -0.4 is 14.4 Å². The second-order valence-electron chi connectivity index (χ2n) is 7.91. The van der Waals surface area contributed by atoms with Gasteiger partial charge in [0.05, 0.1) is 29.8 Å². The maximum absolute atomic E-state index is 13.3. The van der Waals surface area contributed by atoms with Crippen molar-refractivity contribution in [3.8, 4) is 11.5 Å². The van der Waals surface area contributed by atoms with Crippen LogP contribution in [0.3, 0.4) is 0 Å². The molecule has 9 heteroatoms. The molecule has 1 heterocycles. The Labute approximate surface area is 207 Å². The Morgan fingerprint density at radius 2 is 1.58 bits per heavy atom. The van der Waals surface area contributed by atoms with Gasteiger partial charge >= 0.3 is 0 Å². The first-order valence-corrected chi connectivity index (χ1v) is 11.4. The number of nitro benzene ring substituents is 1. The van der Waals surface area contributed by atoms with Gasteiger partial charge in [0.15, 0.2) is 0 Å². The van der Waals surface area contributed by atoms with E-state index in [2.05, 4.69) is 0 Å². The summed E-state index contributed by atoms with van der Waals surface area (Å²) in [5, 5.41) is 22.5. The molecule has 0 aromatic heterocycles. The largest absolute Gasteiger partial charge is 0.507 e. The van der Waals surface area contributed by atoms with E-state index in [1.54, 1.807) is 48.5 Å². The number of benzene rings is 3. The Bertz CT molecular complexity index is 1370. The van der Waals surface area contributed by atoms with Gasteiger partial charge in [0.1, 0.15) is 17.3 Å². The van der Waals surface area contributed by atoms with Crippen molar-refractivity contribution in [2.75, 3.05) is 18.1 Å². The summed E-state index contributed by atoms with van der Waals surface area (Å²) in [4.78, 5) is 38.6. The maximum atomic E-state index is 13.3. The minimum absolute atomic E-state index is 0.0521. The first-order chi connectivity index (χ1) is 17.3. The molecule has 184 valence electrons. The van der Waals surface area contributed by atoms with Crippen molar-refractivity contribution in [1.82, 2.24) is 0 Å². The highest BCUT2D eigenvalue weighted by molar-refractivity contribution is 6.51. The number of aliphatic hydroxyl groups is 1. The zero-order valence-electron chi connectivity index (χ0n) is 19.7. The summed E-state index contributed by atoms with van der Waals surface area (Å²) in [5.74, 6) is -1.22. The average molecular weight is 488 g/mol. The summed E-state index contributed by atoms with van der Waals surface area (Å²) < 4.78 is 11.2. The number of nitro groups is 1. The summed E-state index contributed by atoms with van der Waals surface area (Å²) in [6.45, 7) is 4.49. The SMILES string of the molecule is CCOc1cccc(C2/C(=C(/O)c3cccc([N+](=O)[O-])c3)C(=O)C(=O)N2c2cccc(OCC)c2)c1. The van der Waals surface area contributed by atoms with Crippen molar-refractivity contribution in [2.45, 2.75) is 19.9 Å². The summed E-state index contributed by atoms with van der Waals surface area (Å²) in [6.07, 6.45) is 0. The molecular weight excluding hydrogens is 464 g/mol. The van der Waals surface area contributed by atoms with Gasteiger partial charge in [0, 0.05) is 29.4 Å². The van der Waals surface area contributed by atoms with E-state index in [4.69, 9.17) is 9.47 Å². The molecule has 1 atom stereocenters. The lowest BCUT2D eigenvalue weighted by Crippen LogP contribution is -2.29. The van der Waals surface area contributed by atoms with E-state index in [-0.39, 0.29) is 16.8 Å². The fourth-order valence-corrected chi connectivity index (χ4v) is 4.17. The normalized spacial score (nSPS) is 16.7. The van der Waals surface area contributed by atoms with Crippen molar-refractivity contribution in [3.05, 3.63) is 99.6 Å².